The van der Waals surface area contributed by atoms with Gasteiger partial charge in [-0.25, -0.2) is 0 Å². The van der Waals surface area contributed by atoms with Crippen molar-refractivity contribution in [2.75, 3.05) is 6.61 Å². The molecule has 2 rings (SSSR count). The van der Waals surface area contributed by atoms with Crippen LogP contribution >= 0.6 is 12.2 Å². The van der Waals surface area contributed by atoms with Gasteiger partial charge in [0.2, 0.25) is 0 Å². The molecule has 0 aliphatic heterocycles. The molecule has 1 nitrogen and oxygen atoms in total. The standard InChI is InChI=1S/C15H22OS/c1-3-9-15-10-7-5-6-8-12(15)13(16-4-2)11-14(15)17/h3,11-12H,1,4-10H2,2H3. The Labute approximate surface area is 110 Å². The van der Waals surface area contributed by atoms with Crippen LogP contribution in [0.4, 0.5) is 0 Å². The Morgan fingerprint density at radius 1 is 1.53 bits per heavy atom. The van der Waals surface area contributed by atoms with E-state index in [9.17, 15) is 0 Å². The quantitative estimate of drug-likeness (QED) is 0.539. The Balaban J connectivity index is 2.30. The molecule has 2 aliphatic carbocycles. The molecule has 17 heavy (non-hydrogen) atoms. The van der Waals surface area contributed by atoms with Crippen molar-refractivity contribution in [2.45, 2.75) is 45.4 Å². The van der Waals surface area contributed by atoms with Gasteiger partial charge in [-0.2, -0.15) is 0 Å². The molecule has 0 N–H and O–H groups in total. The van der Waals surface area contributed by atoms with Crippen molar-refractivity contribution in [1.29, 1.82) is 0 Å². The fraction of sp³-hybridized carbons (Fsp3) is 0.667. The Morgan fingerprint density at radius 3 is 3.06 bits per heavy atom. The summed E-state index contributed by atoms with van der Waals surface area (Å²) < 4.78 is 5.81. The van der Waals surface area contributed by atoms with Crippen LogP contribution in [-0.4, -0.2) is 11.5 Å². The summed E-state index contributed by atoms with van der Waals surface area (Å²) in [6.07, 6.45) is 11.5. The Kier molecular flexibility index (Phi) is 4.03. The van der Waals surface area contributed by atoms with Crippen molar-refractivity contribution in [1.82, 2.24) is 0 Å². The number of fused-ring (bicyclic) bond motifs is 1. The van der Waals surface area contributed by atoms with Crippen LogP contribution in [0, 0.1) is 11.3 Å². The molecule has 1 saturated carbocycles. The second-order valence-electron chi connectivity index (χ2n) is 5.14. The predicted molar refractivity (Wildman–Crippen MR) is 76.1 cm³/mol. The van der Waals surface area contributed by atoms with Gasteiger partial charge in [0, 0.05) is 16.2 Å². The first-order valence-corrected chi connectivity index (χ1v) is 7.15. The predicted octanol–water partition coefficient (Wildman–Crippen LogP) is 4.43. The van der Waals surface area contributed by atoms with Crippen LogP contribution in [0.15, 0.2) is 24.5 Å². The van der Waals surface area contributed by atoms with Gasteiger partial charge in [-0.15, -0.1) is 6.58 Å². The molecular weight excluding hydrogens is 228 g/mol. The Bertz CT molecular complexity index is 345. The molecule has 1 fully saturated rings. The maximum absolute atomic E-state index is 5.81. The largest absolute Gasteiger partial charge is 0.498 e. The van der Waals surface area contributed by atoms with Crippen molar-refractivity contribution in [3.63, 3.8) is 0 Å². The van der Waals surface area contributed by atoms with E-state index in [1.54, 1.807) is 0 Å². The molecule has 0 bridgehead atoms. The minimum Gasteiger partial charge on any atom is -0.498 e. The van der Waals surface area contributed by atoms with Crippen molar-refractivity contribution in [2.24, 2.45) is 11.3 Å². The highest BCUT2D eigenvalue weighted by atomic mass is 32.1. The van der Waals surface area contributed by atoms with Crippen LogP contribution < -0.4 is 0 Å². The second-order valence-corrected chi connectivity index (χ2v) is 5.58. The van der Waals surface area contributed by atoms with Gasteiger partial charge in [0.15, 0.2) is 0 Å². The van der Waals surface area contributed by atoms with Crippen LogP contribution in [0.3, 0.4) is 0 Å². The smallest absolute Gasteiger partial charge is 0.101 e. The minimum atomic E-state index is 0.151. The molecule has 0 saturated heterocycles. The SMILES string of the molecule is C=CCC12CCCCCC1C(OCC)=CC2=S. The number of rotatable bonds is 4. The number of thiocarbonyl (C=S) groups is 1. The van der Waals surface area contributed by atoms with Crippen molar-refractivity contribution in [3.8, 4) is 0 Å². The highest BCUT2D eigenvalue weighted by Crippen LogP contribution is 2.52. The summed E-state index contributed by atoms with van der Waals surface area (Å²) in [4.78, 5) is 1.10. The Morgan fingerprint density at radius 2 is 2.35 bits per heavy atom. The highest BCUT2D eigenvalue weighted by Gasteiger charge is 2.47. The van der Waals surface area contributed by atoms with Gasteiger partial charge < -0.3 is 4.74 Å². The molecule has 0 aromatic carbocycles. The number of ether oxygens (including phenoxy) is 1. The molecule has 2 aliphatic rings. The minimum absolute atomic E-state index is 0.151. The van der Waals surface area contributed by atoms with Gasteiger partial charge in [0.1, 0.15) is 5.76 Å². The lowest BCUT2D eigenvalue weighted by atomic mass is 9.70. The fourth-order valence-electron chi connectivity index (χ4n) is 3.41. The van der Waals surface area contributed by atoms with Gasteiger partial charge in [0.05, 0.1) is 6.61 Å². The maximum Gasteiger partial charge on any atom is 0.101 e. The number of hydrogen-bond acceptors (Lipinski definition) is 2. The molecule has 0 amide bonds. The average molecular weight is 250 g/mol. The molecule has 0 heterocycles. The zero-order chi connectivity index (χ0) is 12.3. The fourth-order valence-corrected chi connectivity index (χ4v) is 3.85. The Hall–Kier alpha value is -0.630. The number of allylic oxidation sites excluding steroid dienone is 3. The van der Waals surface area contributed by atoms with Crippen molar-refractivity contribution >= 4 is 17.1 Å². The average Bonchev–Trinajstić information content (AvgIpc) is 2.49. The third-order valence-corrected chi connectivity index (χ3v) is 4.73. The van der Waals surface area contributed by atoms with Crippen LogP contribution in [0.1, 0.15) is 45.4 Å². The summed E-state index contributed by atoms with van der Waals surface area (Å²) in [7, 11) is 0. The second kappa shape index (κ2) is 5.34. The lowest BCUT2D eigenvalue weighted by Crippen LogP contribution is -2.32. The summed E-state index contributed by atoms with van der Waals surface area (Å²) >= 11 is 5.64. The van der Waals surface area contributed by atoms with E-state index in [2.05, 4.69) is 12.7 Å². The first-order chi connectivity index (χ1) is 8.24. The molecule has 2 atom stereocenters. The van der Waals surface area contributed by atoms with E-state index in [0.29, 0.717) is 5.92 Å². The normalized spacial score (nSPS) is 32.6. The summed E-state index contributed by atoms with van der Waals surface area (Å²) in [6, 6.07) is 0. The summed E-state index contributed by atoms with van der Waals surface area (Å²) in [5.41, 5.74) is 0.151. The van der Waals surface area contributed by atoms with E-state index >= 15 is 0 Å². The molecule has 2 heteroatoms. The number of hydrogen-bond donors (Lipinski definition) is 0. The third-order valence-electron chi connectivity index (χ3n) is 4.21. The van der Waals surface area contributed by atoms with E-state index in [1.807, 2.05) is 13.0 Å². The van der Waals surface area contributed by atoms with Crippen LogP contribution in [-0.2, 0) is 4.74 Å². The summed E-state index contributed by atoms with van der Waals surface area (Å²) in [5.74, 6) is 1.65. The molecule has 2 unspecified atom stereocenters. The van der Waals surface area contributed by atoms with Gasteiger partial charge in [-0.05, 0) is 32.3 Å². The maximum atomic E-state index is 5.81. The molecule has 0 spiro atoms. The summed E-state index contributed by atoms with van der Waals surface area (Å²) in [6.45, 7) is 6.72. The van der Waals surface area contributed by atoms with E-state index in [0.717, 1.165) is 23.7 Å². The highest BCUT2D eigenvalue weighted by molar-refractivity contribution is 7.80. The van der Waals surface area contributed by atoms with Gasteiger partial charge >= 0.3 is 0 Å². The van der Waals surface area contributed by atoms with Gasteiger partial charge in [0.25, 0.3) is 0 Å². The topological polar surface area (TPSA) is 9.23 Å². The lowest BCUT2D eigenvalue weighted by Gasteiger charge is -2.34. The van der Waals surface area contributed by atoms with E-state index in [-0.39, 0.29) is 5.41 Å². The first-order valence-electron chi connectivity index (χ1n) is 6.74. The zero-order valence-electron chi connectivity index (χ0n) is 10.7. The molecular formula is C15H22OS. The lowest BCUT2D eigenvalue weighted by molar-refractivity contribution is 0.149. The van der Waals surface area contributed by atoms with Crippen LogP contribution in [0.5, 0.6) is 0 Å². The van der Waals surface area contributed by atoms with E-state index in [1.165, 1.54) is 32.1 Å². The van der Waals surface area contributed by atoms with Crippen molar-refractivity contribution in [3.05, 3.63) is 24.5 Å². The van der Waals surface area contributed by atoms with Gasteiger partial charge in [-0.3, -0.25) is 0 Å². The first kappa shape index (κ1) is 12.8. The van der Waals surface area contributed by atoms with E-state index in [4.69, 9.17) is 17.0 Å². The molecule has 0 radical (unpaired) electrons. The third kappa shape index (κ3) is 2.20. The molecule has 0 aromatic rings. The van der Waals surface area contributed by atoms with Crippen molar-refractivity contribution < 1.29 is 4.74 Å². The van der Waals surface area contributed by atoms with Gasteiger partial charge in [-0.1, -0.05) is 37.6 Å². The molecule has 94 valence electrons. The summed E-state index contributed by atoms with van der Waals surface area (Å²) in [5, 5.41) is 0. The zero-order valence-corrected chi connectivity index (χ0v) is 11.5. The van der Waals surface area contributed by atoms with Crippen LogP contribution in [0.2, 0.25) is 0 Å². The molecule has 0 aromatic heterocycles. The monoisotopic (exact) mass is 250 g/mol. The van der Waals surface area contributed by atoms with E-state index < -0.39 is 0 Å². The van der Waals surface area contributed by atoms with Crippen LogP contribution in [0.25, 0.3) is 0 Å².